The van der Waals surface area contributed by atoms with Crippen molar-refractivity contribution in [3.05, 3.63) is 60.4 Å². The zero-order valence-electron chi connectivity index (χ0n) is 16.3. The standard InChI is InChI=1S/C20H23FN4O3S2/c1-30-12-11-17(22-18(26)13-28-14-7-3-2-4-8-14)19(27)24-25-20(29)23-16-10-6-5-9-15(16)21/h2-10,17H,11-13H2,1H3,(H,22,26)(H,24,27)(H2,23,25,29). The predicted octanol–water partition coefficient (Wildman–Crippen LogP) is 2.46. The topological polar surface area (TPSA) is 91.5 Å². The molecule has 0 aromatic heterocycles. The molecule has 0 saturated carbocycles. The van der Waals surface area contributed by atoms with Gasteiger partial charge in [-0.1, -0.05) is 30.3 Å². The SMILES string of the molecule is CSCCC(NC(=O)COc1ccccc1)C(=O)NNC(=S)Nc1ccccc1F. The Kier molecular flexibility index (Phi) is 9.88. The maximum absolute atomic E-state index is 13.7. The molecular weight excluding hydrogens is 427 g/mol. The van der Waals surface area contributed by atoms with E-state index in [1.54, 1.807) is 48.2 Å². The zero-order chi connectivity index (χ0) is 21.8. The number of para-hydroxylation sites is 2. The van der Waals surface area contributed by atoms with Crippen LogP contribution in [0.1, 0.15) is 6.42 Å². The van der Waals surface area contributed by atoms with E-state index in [-0.39, 0.29) is 17.4 Å². The Morgan fingerprint density at radius 2 is 1.80 bits per heavy atom. The van der Waals surface area contributed by atoms with Crippen LogP contribution in [-0.2, 0) is 9.59 Å². The lowest BCUT2D eigenvalue weighted by Crippen LogP contribution is -2.53. The van der Waals surface area contributed by atoms with Crippen LogP contribution in [0.4, 0.5) is 10.1 Å². The van der Waals surface area contributed by atoms with E-state index in [2.05, 4.69) is 21.5 Å². The normalized spacial score (nSPS) is 11.1. The molecule has 0 heterocycles. The van der Waals surface area contributed by atoms with Crippen molar-refractivity contribution < 1.29 is 18.7 Å². The van der Waals surface area contributed by atoms with Crippen molar-refractivity contribution in [3.8, 4) is 5.75 Å². The highest BCUT2D eigenvalue weighted by Crippen LogP contribution is 2.12. The smallest absolute Gasteiger partial charge is 0.260 e. The number of carbonyl (C=O) groups excluding carboxylic acids is 2. The number of amides is 2. The van der Waals surface area contributed by atoms with Gasteiger partial charge in [0, 0.05) is 0 Å². The molecule has 0 bridgehead atoms. The third kappa shape index (κ3) is 8.26. The number of ether oxygens (including phenoxy) is 1. The van der Waals surface area contributed by atoms with Crippen molar-refractivity contribution in [1.29, 1.82) is 0 Å². The number of anilines is 1. The monoisotopic (exact) mass is 450 g/mol. The Hall–Kier alpha value is -2.85. The summed E-state index contributed by atoms with van der Waals surface area (Å²) < 4.78 is 19.1. The molecular formula is C20H23FN4O3S2. The van der Waals surface area contributed by atoms with E-state index in [9.17, 15) is 14.0 Å². The van der Waals surface area contributed by atoms with E-state index < -0.39 is 23.7 Å². The first-order valence-corrected chi connectivity index (χ1v) is 10.9. The Labute approximate surface area is 184 Å². The van der Waals surface area contributed by atoms with Crippen LogP contribution in [-0.4, -0.2) is 41.6 Å². The number of hydrogen-bond donors (Lipinski definition) is 4. The van der Waals surface area contributed by atoms with Gasteiger partial charge in [-0.2, -0.15) is 11.8 Å². The maximum atomic E-state index is 13.7. The van der Waals surface area contributed by atoms with Crippen molar-refractivity contribution in [2.75, 3.05) is 23.9 Å². The number of carbonyl (C=O) groups is 2. The molecule has 0 aliphatic carbocycles. The summed E-state index contributed by atoms with van der Waals surface area (Å²) in [6.07, 6.45) is 2.32. The fourth-order valence-corrected chi connectivity index (χ4v) is 2.96. The lowest BCUT2D eigenvalue weighted by Gasteiger charge is -2.19. The van der Waals surface area contributed by atoms with Gasteiger partial charge in [-0.15, -0.1) is 0 Å². The highest BCUT2D eigenvalue weighted by molar-refractivity contribution is 7.98. The minimum atomic E-state index is -0.784. The Morgan fingerprint density at radius 1 is 1.10 bits per heavy atom. The van der Waals surface area contributed by atoms with Gasteiger partial charge in [0.2, 0.25) is 0 Å². The van der Waals surface area contributed by atoms with E-state index in [1.165, 1.54) is 12.1 Å². The molecule has 2 aromatic rings. The molecule has 1 unspecified atom stereocenters. The van der Waals surface area contributed by atoms with Crippen LogP contribution in [0.3, 0.4) is 0 Å². The average molecular weight is 451 g/mol. The van der Waals surface area contributed by atoms with Gasteiger partial charge in [0.05, 0.1) is 5.69 Å². The lowest BCUT2D eigenvalue weighted by atomic mass is 10.2. The van der Waals surface area contributed by atoms with Crippen LogP contribution in [0.5, 0.6) is 5.75 Å². The molecule has 0 aliphatic rings. The van der Waals surface area contributed by atoms with Gasteiger partial charge in [0.25, 0.3) is 11.8 Å². The molecule has 0 spiro atoms. The molecule has 30 heavy (non-hydrogen) atoms. The minimum Gasteiger partial charge on any atom is -0.484 e. The zero-order valence-corrected chi connectivity index (χ0v) is 17.9. The van der Waals surface area contributed by atoms with Gasteiger partial charge in [-0.25, -0.2) is 4.39 Å². The van der Waals surface area contributed by atoms with E-state index in [4.69, 9.17) is 17.0 Å². The lowest BCUT2D eigenvalue weighted by molar-refractivity contribution is -0.130. The number of thiocarbonyl (C=S) groups is 1. The minimum absolute atomic E-state index is 0.0100. The molecule has 0 aliphatic heterocycles. The summed E-state index contributed by atoms with van der Waals surface area (Å²) in [5.41, 5.74) is 5.12. The van der Waals surface area contributed by atoms with Crippen molar-refractivity contribution in [1.82, 2.24) is 16.2 Å². The highest BCUT2D eigenvalue weighted by Gasteiger charge is 2.21. The molecule has 0 fully saturated rings. The first-order chi connectivity index (χ1) is 14.5. The quantitative estimate of drug-likeness (QED) is 0.345. The number of rotatable bonds is 9. The molecule has 2 aromatic carbocycles. The van der Waals surface area contributed by atoms with Gasteiger partial charge in [-0.05, 0) is 54.9 Å². The fraction of sp³-hybridized carbons (Fsp3) is 0.250. The molecule has 2 rings (SSSR count). The number of benzene rings is 2. The maximum Gasteiger partial charge on any atom is 0.260 e. The predicted molar refractivity (Wildman–Crippen MR) is 121 cm³/mol. The average Bonchev–Trinajstić information content (AvgIpc) is 2.76. The van der Waals surface area contributed by atoms with Crippen LogP contribution < -0.4 is 26.2 Å². The Bertz CT molecular complexity index is 855. The number of halogens is 1. The summed E-state index contributed by atoms with van der Waals surface area (Å²) in [6.45, 7) is -0.215. The second kappa shape index (κ2) is 12.7. The van der Waals surface area contributed by atoms with E-state index >= 15 is 0 Å². The van der Waals surface area contributed by atoms with Crippen molar-refractivity contribution in [3.63, 3.8) is 0 Å². The first kappa shape index (κ1) is 23.4. The van der Waals surface area contributed by atoms with E-state index in [1.807, 2.05) is 12.3 Å². The summed E-state index contributed by atoms with van der Waals surface area (Å²) in [6, 6.07) is 14.1. The number of nitrogens with one attached hydrogen (secondary N) is 4. The molecule has 0 saturated heterocycles. The Morgan fingerprint density at radius 3 is 2.50 bits per heavy atom. The number of hydrazine groups is 1. The second-order valence-corrected chi connectivity index (χ2v) is 7.45. The van der Waals surface area contributed by atoms with Crippen LogP contribution in [0.15, 0.2) is 54.6 Å². The summed E-state index contributed by atoms with van der Waals surface area (Å²) in [4.78, 5) is 24.7. The van der Waals surface area contributed by atoms with Gasteiger partial charge >= 0.3 is 0 Å². The number of thioether (sulfide) groups is 1. The van der Waals surface area contributed by atoms with Gasteiger partial charge in [0.1, 0.15) is 17.6 Å². The molecule has 1 atom stereocenters. The molecule has 160 valence electrons. The fourth-order valence-electron chi connectivity index (χ4n) is 2.33. The van der Waals surface area contributed by atoms with Crippen LogP contribution in [0, 0.1) is 5.82 Å². The summed E-state index contributed by atoms with van der Waals surface area (Å²) in [5, 5.41) is 5.31. The van der Waals surface area contributed by atoms with Crippen LogP contribution in [0.2, 0.25) is 0 Å². The van der Waals surface area contributed by atoms with Crippen LogP contribution in [0.25, 0.3) is 0 Å². The van der Waals surface area contributed by atoms with Crippen molar-refractivity contribution in [2.24, 2.45) is 0 Å². The van der Waals surface area contributed by atoms with E-state index in [0.29, 0.717) is 17.9 Å². The molecule has 0 radical (unpaired) electrons. The third-order valence-corrected chi connectivity index (χ3v) is 4.64. The molecule has 10 heteroatoms. The van der Waals surface area contributed by atoms with Crippen molar-refractivity contribution in [2.45, 2.75) is 12.5 Å². The third-order valence-electron chi connectivity index (χ3n) is 3.80. The number of hydrogen-bond acceptors (Lipinski definition) is 5. The largest absolute Gasteiger partial charge is 0.484 e. The second-order valence-electron chi connectivity index (χ2n) is 6.05. The van der Waals surface area contributed by atoms with Gasteiger partial charge in [0.15, 0.2) is 11.7 Å². The molecule has 2 amide bonds. The van der Waals surface area contributed by atoms with Gasteiger partial charge in [-0.3, -0.25) is 20.4 Å². The first-order valence-electron chi connectivity index (χ1n) is 9.07. The van der Waals surface area contributed by atoms with Crippen LogP contribution >= 0.6 is 24.0 Å². The van der Waals surface area contributed by atoms with Gasteiger partial charge < -0.3 is 15.4 Å². The van der Waals surface area contributed by atoms with Crippen molar-refractivity contribution >= 4 is 46.6 Å². The summed E-state index contributed by atoms with van der Waals surface area (Å²) in [5.74, 6) is -0.155. The highest BCUT2D eigenvalue weighted by atomic mass is 32.2. The molecule has 7 nitrogen and oxygen atoms in total. The Balaban J connectivity index is 1.83. The summed E-state index contributed by atoms with van der Waals surface area (Å²) in [7, 11) is 0. The molecule has 4 N–H and O–H groups in total. The summed E-state index contributed by atoms with van der Waals surface area (Å²) >= 11 is 6.61. The van der Waals surface area contributed by atoms with E-state index in [0.717, 1.165) is 0 Å².